The number of unbranched alkanes of at least 4 members (excludes halogenated alkanes) is 1. The summed E-state index contributed by atoms with van der Waals surface area (Å²) in [6, 6.07) is 7.64. The fourth-order valence-corrected chi connectivity index (χ4v) is 3.90. The molecular formula is C20H26N2O3S. The van der Waals surface area contributed by atoms with E-state index in [1.54, 1.807) is 6.08 Å². The van der Waals surface area contributed by atoms with Gasteiger partial charge in [-0.1, -0.05) is 31.9 Å². The average molecular weight is 375 g/mol. The van der Waals surface area contributed by atoms with Crippen molar-refractivity contribution in [2.75, 3.05) is 26.4 Å². The van der Waals surface area contributed by atoms with Gasteiger partial charge in [0.2, 0.25) is 0 Å². The van der Waals surface area contributed by atoms with Gasteiger partial charge in [-0.2, -0.15) is 0 Å². The van der Waals surface area contributed by atoms with Crippen LogP contribution in [-0.2, 0) is 4.79 Å². The van der Waals surface area contributed by atoms with Crippen LogP contribution in [-0.4, -0.2) is 47.3 Å². The molecule has 26 heavy (non-hydrogen) atoms. The fraction of sp³-hybridized carbons (Fsp3) is 0.500. The molecule has 2 aliphatic heterocycles. The zero-order chi connectivity index (χ0) is 18.4. The van der Waals surface area contributed by atoms with E-state index >= 15 is 0 Å². The Balaban J connectivity index is 1.61. The van der Waals surface area contributed by atoms with Crippen molar-refractivity contribution in [2.24, 2.45) is 0 Å². The maximum Gasteiger partial charge on any atom is 0.294 e. The molecule has 0 radical (unpaired) electrons. The van der Waals surface area contributed by atoms with Gasteiger partial charge in [-0.15, -0.1) is 0 Å². The zero-order valence-corrected chi connectivity index (χ0v) is 16.1. The Hall–Kier alpha value is -1.79. The summed E-state index contributed by atoms with van der Waals surface area (Å²) < 4.78 is 5.65. The summed E-state index contributed by atoms with van der Waals surface area (Å²) in [7, 11) is 0. The minimum Gasteiger partial charge on any atom is -0.494 e. The van der Waals surface area contributed by atoms with E-state index in [0.29, 0.717) is 18.2 Å². The lowest BCUT2D eigenvalue weighted by atomic mass is 10.1. The number of nitrogens with zero attached hydrogens (tertiary/aromatic N) is 2. The molecule has 2 heterocycles. The molecule has 2 aliphatic rings. The van der Waals surface area contributed by atoms with Gasteiger partial charge >= 0.3 is 0 Å². The molecule has 0 atom stereocenters. The molecule has 0 N–H and O–H groups in total. The van der Waals surface area contributed by atoms with Crippen LogP contribution < -0.4 is 4.74 Å². The number of hydrogen-bond donors (Lipinski definition) is 0. The SMILES string of the molecule is CCCCOc1ccc(/C=C2\SC(=O)N(CN3CCCCC3)C2=O)cc1. The van der Waals surface area contributed by atoms with E-state index in [0.717, 1.165) is 61.8 Å². The number of carbonyl (C=O) groups is 2. The molecule has 6 heteroatoms. The monoisotopic (exact) mass is 374 g/mol. The summed E-state index contributed by atoms with van der Waals surface area (Å²) in [6.07, 6.45) is 7.43. The van der Waals surface area contributed by atoms with Crippen molar-refractivity contribution in [3.63, 3.8) is 0 Å². The van der Waals surface area contributed by atoms with E-state index in [1.165, 1.54) is 11.3 Å². The first kappa shape index (κ1) is 19.0. The van der Waals surface area contributed by atoms with Crippen molar-refractivity contribution in [1.82, 2.24) is 9.80 Å². The Bertz CT molecular complexity index is 666. The molecule has 2 amide bonds. The number of thioether (sulfide) groups is 1. The molecule has 2 saturated heterocycles. The van der Waals surface area contributed by atoms with Crippen LogP contribution in [0.2, 0.25) is 0 Å². The molecule has 3 rings (SSSR count). The molecule has 0 aliphatic carbocycles. The predicted molar refractivity (Wildman–Crippen MR) is 105 cm³/mol. The van der Waals surface area contributed by atoms with Crippen LogP contribution in [0.4, 0.5) is 4.79 Å². The van der Waals surface area contributed by atoms with E-state index in [1.807, 2.05) is 24.3 Å². The second-order valence-electron chi connectivity index (χ2n) is 6.70. The number of imide groups is 1. The van der Waals surface area contributed by atoms with Crippen LogP contribution in [0.3, 0.4) is 0 Å². The molecule has 0 spiro atoms. The highest BCUT2D eigenvalue weighted by atomic mass is 32.2. The minimum atomic E-state index is -0.186. The standard InChI is InChI=1S/C20H26N2O3S/c1-2-3-13-25-17-9-7-16(8-10-17)14-18-19(23)22(20(24)26-18)15-21-11-5-4-6-12-21/h7-10,14H,2-6,11-13,15H2,1H3/b18-14-. The maximum absolute atomic E-state index is 12.6. The second kappa shape index (κ2) is 9.24. The highest BCUT2D eigenvalue weighted by Crippen LogP contribution is 2.32. The second-order valence-corrected chi connectivity index (χ2v) is 7.69. The number of hydrogen-bond acceptors (Lipinski definition) is 5. The normalized spacial score (nSPS) is 20.2. The Morgan fingerprint density at radius 2 is 1.85 bits per heavy atom. The van der Waals surface area contributed by atoms with Crippen molar-refractivity contribution in [1.29, 1.82) is 0 Å². The number of piperidine rings is 1. The largest absolute Gasteiger partial charge is 0.494 e. The highest BCUT2D eigenvalue weighted by Gasteiger charge is 2.36. The highest BCUT2D eigenvalue weighted by molar-refractivity contribution is 8.18. The van der Waals surface area contributed by atoms with Crippen molar-refractivity contribution in [3.05, 3.63) is 34.7 Å². The third-order valence-electron chi connectivity index (χ3n) is 4.61. The van der Waals surface area contributed by atoms with Gasteiger partial charge in [0.25, 0.3) is 11.1 Å². The lowest BCUT2D eigenvalue weighted by molar-refractivity contribution is -0.124. The number of rotatable bonds is 7. The first-order valence-electron chi connectivity index (χ1n) is 9.38. The van der Waals surface area contributed by atoms with Crippen LogP contribution >= 0.6 is 11.8 Å². The van der Waals surface area contributed by atoms with Gasteiger partial charge in [-0.3, -0.25) is 19.4 Å². The van der Waals surface area contributed by atoms with E-state index < -0.39 is 0 Å². The Kier molecular flexibility index (Phi) is 6.74. The van der Waals surface area contributed by atoms with Gasteiger partial charge < -0.3 is 4.74 Å². The molecule has 0 saturated carbocycles. The first-order chi connectivity index (χ1) is 12.7. The van der Waals surface area contributed by atoms with Crippen LogP contribution in [0.1, 0.15) is 44.6 Å². The smallest absolute Gasteiger partial charge is 0.294 e. The zero-order valence-electron chi connectivity index (χ0n) is 15.3. The van der Waals surface area contributed by atoms with Gasteiger partial charge in [0.05, 0.1) is 18.2 Å². The van der Waals surface area contributed by atoms with Crippen LogP contribution in [0.15, 0.2) is 29.2 Å². The molecule has 2 fully saturated rings. The van der Waals surface area contributed by atoms with E-state index in [4.69, 9.17) is 4.74 Å². The summed E-state index contributed by atoms with van der Waals surface area (Å²) in [5.41, 5.74) is 0.899. The summed E-state index contributed by atoms with van der Waals surface area (Å²) in [4.78, 5) is 28.9. The van der Waals surface area contributed by atoms with Crippen molar-refractivity contribution in [3.8, 4) is 5.75 Å². The van der Waals surface area contributed by atoms with Crippen molar-refractivity contribution in [2.45, 2.75) is 39.0 Å². The third-order valence-corrected chi connectivity index (χ3v) is 5.52. The molecule has 0 unspecified atom stereocenters. The quantitative estimate of drug-likeness (QED) is 0.525. The maximum atomic E-state index is 12.6. The van der Waals surface area contributed by atoms with Crippen LogP contribution in [0.5, 0.6) is 5.75 Å². The summed E-state index contributed by atoms with van der Waals surface area (Å²) in [6.45, 7) is 5.17. The molecule has 0 aromatic heterocycles. The predicted octanol–water partition coefficient (Wildman–Crippen LogP) is 4.35. The van der Waals surface area contributed by atoms with Gasteiger partial charge in [0, 0.05) is 0 Å². The van der Waals surface area contributed by atoms with E-state index in [2.05, 4.69) is 11.8 Å². The summed E-state index contributed by atoms with van der Waals surface area (Å²) in [5.74, 6) is 0.641. The van der Waals surface area contributed by atoms with Gasteiger partial charge in [-0.05, 0) is 67.9 Å². The summed E-state index contributed by atoms with van der Waals surface area (Å²) in [5, 5.41) is -0.175. The fourth-order valence-electron chi connectivity index (χ4n) is 3.07. The van der Waals surface area contributed by atoms with Crippen molar-refractivity contribution >= 4 is 29.0 Å². The Morgan fingerprint density at radius 1 is 1.12 bits per heavy atom. The molecule has 140 valence electrons. The number of benzene rings is 1. The van der Waals surface area contributed by atoms with E-state index in [-0.39, 0.29) is 11.1 Å². The molecule has 1 aromatic carbocycles. The molecular weight excluding hydrogens is 348 g/mol. The first-order valence-corrected chi connectivity index (χ1v) is 10.2. The van der Waals surface area contributed by atoms with Gasteiger partial charge in [-0.25, -0.2) is 0 Å². The molecule has 5 nitrogen and oxygen atoms in total. The minimum absolute atomic E-state index is 0.175. The van der Waals surface area contributed by atoms with Crippen LogP contribution in [0.25, 0.3) is 6.08 Å². The van der Waals surface area contributed by atoms with E-state index in [9.17, 15) is 9.59 Å². The number of amides is 2. The topological polar surface area (TPSA) is 49.9 Å². The number of ether oxygens (including phenoxy) is 1. The number of carbonyl (C=O) groups excluding carboxylic acids is 2. The molecule has 1 aromatic rings. The lowest BCUT2D eigenvalue weighted by Crippen LogP contribution is -2.42. The average Bonchev–Trinajstić information content (AvgIpc) is 2.92. The van der Waals surface area contributed by atoms with Gasteiger partial charge in [0.15, 0.2) is 0 Å². The Morgan fingerprint density at radius 3 is 2.54 bits per heavy atom. The summed E-state index contributed by atoms with van der Waals surface area (Å²) >= 11 is 1.03. The lowest BCUT2D eigenvalue weighted by Gasteiger charge is -2.29. The Labute approximate surface area is 159 Å². The molecule has 0 bridgehead atoms. The van der Waals surface area contributed by atoms with Gasteiger partial charge in [0.1, 0.15) is 5.75 Å². The third kappa shape index (κ3) is 4.89. The van der Waals surface area contributed by atoms with Crippen LogP contribution in [0, 0.1) is 0 Å². The number of likely N-dealkylation sites (tertiary alicyclic amines) is 1. The van der Waals surface area contributed by atoms with Crippen molar-refractivity contribution < 1.29 is 14.3 Å².